The Bertz CT molecular complexity index is 1100. The summed E-state index contributed by atoms with van der Waals surface area (Å²) < 4.78 is 20.6. The van der Waals surface area contributed by atoms with Crippen LogP contribution in [0.15, 0.2) is 48.7 Å². The number of para-hydroxylation sites is 1. The molecule has 1 aliphatic rings. The minimum absolute atomic E-state index is 0.223. The molecule has 1 atom stereocenters. The molecule has 2 aromatic carbocycles. The minimum Gasteiger partial charge on any atom is -0.484 e. The highest BCUT2D eigenvalue weighted by Crippen LogP contribution is 2.44. The molecule has 0 bridgehead atoms. The largest absolute Gasteiger partial charge is 0.484 e. The Morgan fingerprint density at radius 3 is 2.80 bits per heavy atom. The molecule has 3 aromatic rings. The van der Waals surface area contributed by atoms with Crippen molar-refractivity contribution in [2.75, 3.05) is 5.32 Å². The number of pyridine rings is 1. The van der Waals surface area contributed by atoms with Gasteiger partial charge in [0.05, 0.1) is 11.7 Å². The van der Waals surface area contributed by atoms with Crippen molar-refractivity contribution >= 4 is 34.1 Å². The highest BCUT2D eigenvalue weighted by Gasteiger charge is 2.40. The van der Waals surface area contributed by atoms with Gasteiger partial charge in [0.1, 0.15) is 10.8 Å². The minimum atomic E-state index is -0.522. The van der Waals surface area contributed by atoms with Crippen molar-refractivity contribution in [2.45, 2.75) is 44.8 Å². The highest BCUT2D eigenvalue weighted by molar-refractivity contribution is 6.30. The van der Waals surface area contributed by atoms with Crippen molar-refractivity contribution in [3.8, 4) is 5.75 Å². The SMILES string of the molecule is CCC1(CC)C[C@@H](NC(=O)Nc2cccc3cnc(Cl)cc23)c2cccc(F)c2O1. The summed E-state index contributed by atoms with van der Waals surface area (Å²) in [5, 5.41) is 7.92. The first-order chi connectivity index (χ1) is 14.4. The average molecular weight is 428 g/mol. The number of amides is 2. The van der Waals surface area contributed by atoms with Crippen LogP contribution in [-0.4, -0.2) is 16.6 Å². The highest BCUT2D eigenvalue weighted by atomic mass is 35.5. The first-order valence-electron chi connectivity index (χ1n) is 10.0. The number of ether oxygens (including phenoxy) is 1. The normalized spacial score (nSPS) is 17.1. The summed E-state index contributed by atoms with van der Waals surface area (Å²) in [5.41, 5.74) is 0.747. The van der Waals surface area contributed by atoms with E-state index in [1.165, 1.54) is 6.07 Å². The molecule has 0 unspecified atom stereocenters. The fraction of sp³-hybridized carbons (Fsp3) is 0.304. The van der Waals surface area contributed by atoms with Crippen LogP contribution in [0.4, 0.5) is 14.9 Å². The smallest absolute Gasteiger partial charge is 0.319 e. The molecule has 2 N–H and O–H groups in total. The Balaban J connectivity index is 1.62. The van der Waals surface area contributed by atoms with Crippen LogP contribution in [0.1, 0.15) is 44.7 Å². The van der Waals surface area contributed by atoms with E-state index < -0.39 is 11.4 Å². The van der Waals surface area contributed by atoms with Gasteiger partial charge in [0.15, 0.2) is 11.6 Å². The lowest BCUT2D eigenvalue weighted by molar-refractivity contribution is 0.0205. The number of anilines is 1. The number of halogens is 2. The van der Waals surface area contributed by atoms with Gasteiger partial charge in [-0.15, -0.1) is 0 Å². The van der Waals surface area contributed by atoms with E-state index >= 15 is 0 Å². The molecule has 30 heavy (non-hydrogen) atoms. The van der Waals surface area contributed by atoms with Crippen molar-refractivity contribution in [1.82, 2.24) is 10.3 Å². The number of rotatable bonds is 4. The molecule has 2 amide bonds. The Hall–Kier alpha value is -2.86. The van der Waals surface area contributed by atoms with E-state index in [4.69, 9.17) is 16.3 Å². The van der Waals surface area contributed by atoms with Crippen LogP contribution in [0, 0.1) is 5.82 Å². The van der Waals surface area contributed by atoms with Gasteiger partial charge < -0.3 is 15.4 Å². The maximum Gasteiger partial charge on any atom is 0.319 e. The fourth-order valence-corrected chi connectivity index (χ4v) is 4.19. The van der Waals surface area contributed by atoms with Crippen molar-refractivity contribution in [3.05, 3.63) is 65.2 Å². The van der Waals surface area contributed by atoms with E-state index in [9.17, 15) is 9.18 Å². The molecule has 7 heteroatoms. The number of hydrogen-bond acceptors (Lipinski definition) is 3. The van der Waals surface area contributed by atoms with Crippen LogP contribution in [0.2, 0.25) is 5.15 Å². The number of carbonyl (C=O) groups is 1. The molecule has 0 fully saturated rings. The zero-order valence-electron chi connectivity index (χ0n) is 16.8. The molecular weight excluding hydrogens is 405 g/mol. The standard InChI is InChI=1S/C23H23ClFN3O2/c1-3-23(4-2)12-19(15-8-6-9-17(25)21(15)30-23)28-22(29)27-18-10-5-7-14-13-26-20(24)11-16(14)18/h5-11,13,19H,3-4,12H2,1-2H3,(H2,27,28,29)/t19-/m1/s1. The van der Waals surface area contributed by atoms with Gasteiger partial charge in [0.2, 0.25) is 0 Å². The molecule has 0 saturated heterocycles. The maximum absolute atomic E-state index is 14.5. The Kier molecular flexibility index (Phi) is 5.52. The third-order valence-electron chi connectivity index (χ3n) is 5.84. The van der Waals surface area contributed by atoms with E-state index in [1.54, 1.807) is 30.5 Å². The maximum atomic E-state index is 14.5. The molecule has 5 nitrogen and oxygen atoms in total. The van der Waals surface area contributed by atoms with Crippen molar-refractivity contribution in [2.24, 2.45) is 0 Å². The first-order valence-corrected chi connectivity index (χ1v) is 10.4. The van der Waals surface area contributed by atoms with Gasteiger partial charge in [-0.2, -0.15) is 0 Å². The van der Waals surface area contributed by atoms with Crippen LogP contribution in [0.25, 0.3) is 10.8 Å². The number of urea groups is 1. The number of carbonyl (C=O) groups excluding carboxylic acids is 1. The number of nitrogens with one attached hydrogen (secondary N) is 2. The predicted octanol–water partition coefficient (Wildman–Crippen LogP) is 6.23. The third kappa shape index (κ3) is 3.79. The predicted molar refractivity (Wildman–Crippen MR) is 117 cm³/mol. The Labute approximate surface area is 179 Å². The fourth-order valence-electron chi connectivity index (χ4n) is 4.03. The lowest BCUT2D eigenvalue weighted by Crippen LogP contribution is -2.45. The summed E-state index contributed by atoms with van der Waals surface area (Å²) in [6.07, 6.45) is 3.65. The number of nitrogens with zero attached hydrogens (tertiary/aromatic N) is 1. The number of aromatic nitrogens is 1. The molecule has 156 valence electrons. The van der Waals surface area contributed by atoms with Crippen LogP contribution < -0.4 is 15.4 Å². The van der Waals surface area contributed by atoms with Gasteiger partial charge in [-0.3, -0.25) is 0 Å². The third-order valence-corrected chi connectivity index (χ3v) is 6.05. The molecule has 0 aliphatic carbocycles. The van der Waals surface area contributed by atoms with Gasteiger partial charge in [-0.25, -0.2) is 14.2 Å². The summed E-state index contributed by atoms with van der Waals surface area (Å²) in [4.78, 5) is 17.0. The molecule has 0 spiro atoms. The molecule has 2 heterocycles. The lowest BCUT2D eigenvalue weighted by atomic mass is 9.83. The van der Waals surface area contributed by atoms with Gasteiger partial charge in [-0.1, -0.05) is 49.7 Å². The molecule has 0 saturated carbocycles. The zero-order valence-corrected chi connectivity index (χ0v) is 17.6. The number of hydrogen-bond donors (Lipinski definition) is 2. The van der Waals surface area contributed by atoms with Crippen LogP contribution in [-0.2, 0) is 0 Å². The molecule has 1 aromatic heterocycles. The second-order valence-corrected chi connectivity index (χ2v) is 7.93. The van der Waals surface area contributed by atoms with Gasteiger partial charge >= 0.3 is 6.03 Å². The van der Waals surface area contributed by atoms with E-state index in [0.717, 1.165) is 10.8 Å². The quantitative estimate of drug-likeness (QED) is 0.485. The Morgan fingerprint density at radius 2 is 2.03 bits per heavy atom. The van der Waals surface area contributed by atoms with E-state index in [0.29, 0.717) is 35.7 Å². The topological polar surface area (TPSA) is 63.2 Å². The van der Waals surface area contributed by atoms with Crippen molar-refractivity contribution in [1.29, 1.82) is 0 Å². The van der Waals surface area contributed by atoms with E-state index in [-0.39, 0.29) is 17.8 Å². The van der Waals surface area contributed by atoms with Crippen molar-refractivity contribution < 1.29 is 13.9 Å². The van der Waals surface area contributed by atoms with Gasteiger partial charge in [0, 0.05) is 29.0 Å². The number of benzene rings is 2. The summed E-state index contributed by atoms with van der Waals surface area (Å²) in [7, 11) is 0. The summed E-state index contributed by atoms with van der Waals surface area (Å²) >= 11 is 6.03. The van der Waals surface area contributed by atoms with E-state index in [2.05, 4.69) is 15.6 Å². The summed E-state index contributed by atoms with van der Waals surface area (Å²) in [6.45, 7) is 4.03. The molecule has 4 rings (SSSR count). The average Bonchev–Trinajstić information content (AvgIpc) is 2.74. The monoisotopic (exact) mass is 427 g/mol. The Morgan fingerprint density at radius 1 is 1.27 bits per heavy atom. The summed E-state index contributed by atoms with van der Waals surface area (Å²) in [5.74, 6) is -0.192. The molecular formula is C23H23ClFN3O2. The second-order valence-electron chi connectivity index (χ2n) is 7.54. The van der Waals surface area contributed by atoms with Crippen LogP contribution in [0.5, 0.6) is 5.75 Å². The molecule has 0 radical (unpaired) electrons. The molecule has 1 aliphatic heterocycles. The van der Waals surface area contributed by atoms with Crippen LogP contribution in [0.3, 0.4) is 0 Å². The van der Waals surface area contributed by atoms with Gasteiger partial charge in [-0.05, 0) is 31.0 Å². The van der Waals surface area contributed by atoms with Crippen LogP contribution >= 0.6 is 11.6 Å². The first kappa shape index (κ1) is 20.4. The van der Waals surface area contributed by atoms with Gasteiger partial charge in [0.25, 0.3) is 0 Å². The second kappa shape index (κ2) is 8.11. The number of fused-ring (bicyclic) bond motifs is 2. The summed E-state index contributed by atoms with van der Waals surface area (Å²) in [6, 6.07) is 11.3. The van der Waals surface area contributed by atoms with Crippen molar-refractivity contribution in [3.63, 3.8) is 0 Å². The zero-order chi connectivity index (χ0) is 21.3. The van der Waals surface area contributed by atoms with E-state index in [1.807, 2.05) is 26.0 Å². The lowest BCUT2D eigenvalue weighted by Gasteiger charge is -2.41.